The van der Waals surface area contributed by atoms with Crippen molar-refractivity contribution in [1.29, 1.82) is 0 Å². The van der Waals surface area contributed by atoms with Crippen molar-refractivity contribution in [3.05, 3.63) is 89.2 Å². The second-order valence-electron chi connectivity index (χ2n) is 7.41. The van der Waals surface area contributed by atoms with E-state index in [1.54, 1.807) is 24.3 Å². The maximum absolute atomic E-state index is 14.4. The van der Waals surface area contributed by atoms with Crippen LogP contribution in [0.5, 0.6) is 5.75 Å². The summed E-state index contributed by atoms with van der Waals surface area (Å²) in [6.45, 7) is 2.94. The molecule has 6 nitrogen and oxygen atoms in total. The second-order valence-corrected chi connectivity index (χ2v) is 9.35. The molecule has 0 saturated carbocycles. The van der Waals surface area contributed by atoms with Crippen molar-refractivity contribution in [3.8, 4) is 5.75 Å². The summed E-state index contributed by atoms with van der Waals surface area (Å²) in [6, 6.07) is 17.6. The highest BCUT2D eigenvalue weighted by atomic mass is 32.2. The first-order valence-electron chi connectivity index (χ1n) is 10.3. The molecule has 0 fully saturated rings. The summed E-state index contributed by atoms with van der Waals surface area (Å²) in [7, 11) is -3.89. The molecule has 3 aromatic rings. The lowest BCUT2D eigenvalue weighted by Gasteiger charge is -2.28. The van der Waals surface area contributed by atoms with Crippen molar-refractivity contribution in [2.45, 2.75) is 24.8 Å². The minimum atomic E-state index is -3.89. The topological polar surface area (TPSA) is 75.7 Å². The zero-order valence-corrected chi connectivity index (χ0v) is 18.4. The molecule has 1 heterocycles. The van der Waals surface area contributed by atoms with E-state index < -0.39 is 21.7 Å². The molecule has 1 N–H and O–H groups in total. The number of hydrogen-bond donors (Lipinski definition) is 1. The minimum Gasteiger partial charge on any atom is -0.494 e. The first kappa shape index (κ1) is 22.0. The van der Waals surface area contributed by atoms with Gasteiger partial charge in [0.05, 0.1) is 17.1 Å². The van der Waals surface area contributed by atoms with Gasteiger partial charge >= 0.3 is 0 Å². The summed E-state index contributed by atoms with van der Waals surface area (Å²) in [6.07, 6.45) is 0.599. The number of nitrogens with one attached hydrogen (secondary N) is 1. The molecular formula is C24H23FN2O4S. The van der Waals surface area contributed by atoms with Crippen molar-refractivity contribution >= 4 is 21.6 Å². The number of benzene rings is 3. The van der Waals surface area contributed by atoms with Gasteiger partial charge in [-0.2, -0.15) is 4.31 Å². The van der Waals surface area contributed by atoms with Crippen LogP contribution in [0.4, 0.5) is 10.1 Å². The van der Waals surface area contributed by atoms with E-state index in [-0.39, 0.29) is 17.0 Å². The molecule has 1 aliphatic heterocycles. The highest BCUT2D eigenvalue weighted by Gasteiger charge is 2.29. The first-order valence-corrected chi connectivity index (χ1v) is 11.7. The number of carbonyl (C=O) groups is 1. The van der Waals surface area contributed by atoms with Gasteiger partial charge in [-0.3, -0.25) is 4.79 Å². The van der Waals surface area contributed by atoms with Crippen LogP contribution in [-0.2, 0) is 23.0 Å². The van der Waals surface area contributed by atoms with Crippen LogP contribution in [-0.4, -0.2) is 31.8 Å². The van der Waals surface area contributed by atoms with Gasteiger partial charge < -0.3 is 10.1 Å². The lowest BCUT2D eigenvalue weighted by molar-refractivity contribution is 0.102. The third-order valence-electron chi connectivity index (χ3n) is 5.34. The van der Waals surface area contributed by atoms with Gasteiger partial charge in [0.1, 0.15) is 11.6 Å². The molecule has 0 saturated heterocycles. The quantitative estimate of drug-likeness (QED) is 0.605. The van der Waals surface area contributed by atoms with Crippen LogP contribution >= 0.6 is 0 Å². The van der Waals surface area contributed by atoms with E-state index in [1.165, 1.54) is 10.4 Å². The number of carbonyl (C=O) groups excluding carboxylic acids is 1. The average Bonchev–Trinajstić information content (AvgIpc) is 2.80. The number of anilines is 1. The van der Waals surface area contributed by atoms with Crippen LogP contribution in [0.3, 0.4) is 0 Å². The van der Waals surface area contributed by atoms with Crippen molar-refractivity contribution in [1.82, 2.24) is 4.31 Å². The SMILES string of the molecule is CCOc1ccc(NC(=O)c2cc(S(=O)(=O)N3CCc4ccccc4C3)ccc2F)cc1. The molecule has 3 aromatic carbocycles. The van der Waals surface area contributed by atoms with Crippen LogP contribution in [0.2, 0.25) is 0 Å². The number of hydrogen-bond acceptors (Lipinski definition) is 4. The standard InChI is InChI=1S/C24H23FN2O4S/c1-2-31-20-9-7-19(8-10-20)26-24(28)22-15-21(11-12-23(22)25)32(29,30)27-14-13-17-5-3-4-6-18(17)16-27/h3-12,15H,2,13-14,16H2,1H3,(H,26,28). The van der Waals surface area contributed by atoms with Crippen LogP contribution < -0.4 is 10.1 Å². The smallest absolute Gasteiger partial charge is 0.258 e. The molecule has 1 amide bonds. The highest BCUT2D eigenvalue weighted by molar-refractivity contribution is 7.89. The zero-order valence-electron chi connectivity index (χ0n) is 17.5. The molecule has 166 valence electrons. The Hall–Kier alpha value is -3.23. The fraction of sp³-hybridized carbons (Fsp3) is 0.208. The fourth-order valence-corrected chi connectivity index (χ4v) is 5.11. The minimum absolute atomic E-state index is 0.116. The van der Waals surface area contributed by atoms with Gasteiger partial charge in [-0.15, -0.1) is 0 Å². The predicted molar refractivity (Wildman–Crippen MR) is 120 cm³/mol. The Balaban J connectivity index is 1.56. The Labute approximate surface area is 186 Å². The van der Waals surface area contributed by atoms with Crippen molar-refractivity contribution < 1.29 is 22.3 Å². The molecular weight excluding hydrogens is 431 g/mol. The monoisotopic (exact) mass is 454 g/mol. The number of sulfonamides is 1. The van der Waals surface area contributed by atoms with E-state index in [4.69, 9.17) is 4.74 Å². The van der Waals surface area contributed by atoms with E-state index in [2.05, 4.69) is 5.32 Å². The van der Waals surface area contributed by atoms with E-state index in [0.717, 1.165) is 23.3 Å². The first-order chi connectivity index (χ1) is 15.4. The van der Waals surface area contributed by atoms with Crippen LogP contribution in [0.1, 0.15) is 28.4 Å². The summed E-state index contributed by atoms with van der Waals surface area (Å²) in [5.41, 5.74) is 2.17. The van der Waals surface area contributed by atoms with Gasteiger partial charge in [-0.25, -0.2) is 12.8 Å². The molecule has 0 atom stereocenters. The third kappa shape index (κ3) is 4.51. The largest absolute Gasteiger partial charge is 0.494 e. The van der Waals surface area contributed by atoms with Gasteiger partial charge in [0.2, 0.25) is 10.0 Å². The molecule has 0 unspecified atom stereocenters. The van der Waals surface area contributed by atoms with Gasteiger partial charge in [0, 0.05) is 18.8 Å². The van der Waals surface area contributed by atoms with Crippen LogP contribution in [0, 0.1) is 5.82 Å². The molecule has 4 rings (SSSR count). The molecule has 0 aliphatic carbocycles. The Kier molecular flexibility index (Phi) is 6.25. The summed E-state index contributed by atoms with van der Waals surface area (Å²) >= 11 is 0. The summed E-state index contributed by atoms with van der Waals surface area (Å²) in [5.74, 6) is -0.878. The summed E-state index contributed by atoms with van der Waals surface area (Å²) < 4.78 is 47.5. The van der Waals surface area contributed by atoms with Gasteiger partial charge in [0.25, 0.3) is 5.91 Å². The third-order valence-corrected chi connectivity index (χ3v) is 7.18. The Morgan fingerprint density at radius 3 is 2.50 bits per heavy atom. The van der Waals surface area contributed by atoms with Crippen LogP contribution in [0.15, 0.2) is 71.6 Å². The number of fused-ring (bicyclic) bond motifs is 1. The molecule has 32 heavy (non-hydrogen) atoms. The lowest BCUT2D eigenvalue weighted by Crippen LogP contribution is -2.36. The van der Waals surface area contributed by atoms with Crippen molar-refractivity contribution in [2.24, 2.45) is 0 Å². The molecule has 0 bridgehead atoms. The maximum atomic E-state index is 14.4. The van der Waals surface area contributed by atoms with Crippen molar-refractivity contribution in [2.75, 3.05) is 18.5 Å². The van der Waals surface area contributed by atoms with Gasteiger partial charge in [-0.05, 0) is 66.9 Å². The number of ether oxygens (including phenoxy) is 1. The van der Waals surface area contributed by atoms with Gasteiger partial charge in [0.15, 0.2) is 0 Å². The molecule has 0 radical (unpaired) electrons. The number of rotatable bonds is 6. The summed E-state index contributed by atoms with van der Waals surface area (Å²) in [4.78, 5) is 12.6. The number of halogens is 1. The molecule has 0 spiro atoms. The Morgan fingerprint density at radius 1 is 1.06 bits per heavy atom. The van der Waals surface area contributed by atoms with E-state index in [1.807, 2.05) is 31.2 Å². The normalized spacial score (nSPS) is 13.9. The molecule has 1 aliphatic rings. The molecule has 8 heteroatoms. The van der Waals surface area contributed by atoms with E-state index in [0.29, 0.717) is 31.0 Å². The lowest BCUT2D eigenvalue weighted by atomic mass is 10.0. The average molecular weight is 455 g/mol. The Morgan fingerprint density at radius 2 is 1.78 bits per heavy atom. The number of nitrogens with zero attached hydrogens (tertiary/aromatic N) is 1. The van der Waals surface area contributed by atoms with Crippen molar-refractivity contribution in [3.63, 3.8) is 0 Å². The summed E-state index contributed by atoms with van der Waals surface area (Å²) in [5, 5.41) is 2.60. The zero-order chi connectivity index (χ0) is 22.7. The van der Waals surface area contributed by atoms with Gasteiger partial charge in [-0.1, -0.05) is 24.3 Å². The van der Waals surface area contributed by atoms with E-state index >= 15 is 0 Å². The fourth-order valence-electron chi connectivity index (χ4n) is 3.66. The second kappa shape index (κ2) is 9.10. The van der Waals surface area contributed by atoms with Crippen LogP contribution in [0.25, 0.3) is 0 Å². The highest BCUT2D eigenvalue weighted by Crippen LogP contribution is 2.26. The predicted octanol–water partition coefficient (Wildman–Crippen LogP) is 4.22. The molecule has 0 aromatic heterocycles. The number of amides is 1. The Bertz CT molecular complexity index is 1240. The maximum Gasteiger partial charge on any atom is 0.258 e. The van der Waals surface area contributed by atoms with E-state index in [9.17, 15) is 17.6 Å².